The average Bonchev–Trinajstić information content (AvgIpc) is 3.86. The number of hydrogen-bond donors (Lipinski definition) is 2. The molecule has 0 unspecified atom stereocenters. The molecule has 0 aliphatic heterocycles. The van der Waals surface area contributed by atoms with Crippen molar-refractivity contribution in [3.8, 4) is 23.2 Å². The fourth-order valence-corrected chi connectivity index (χ4v) is 5.26. The number of nitrogens with one attached hydrogen (secondary N) is 2. The first-order valence-electron chi connectivity index (χ1n) is 13.9. The van der Waals surface area contributed by atoms with E-state index in [-0.39, 0.29) is 13.2 Å². The predicted molar refractivity (Wildman–Crippen MR) is 164 cm³/mol. The van der Waals surface area contributed by atoms with E-state index in [0.717, 1.165) is 22.1 Å². The lowest BCUT2D eigenvalue weighted by Gasteiger charge is -1.98. The van der Waals surface area contributed by atoms with Crippen LogP contribution < -0.4 is 0 Å². The van der Waals surface area contributed by atoms with E-state index in [9.17, 15) is 0 Å². The van der Waals surface area contributed by atoms with E-state index in [1.54, 1.807) is 21.5 Å². The van der Waals surface area contributed by atoms with Crippen molar-refractivity contribution in [1.82, 2.24) is 49.9 Å². The quantitative estimate of drug-likeness (QED) is 0.176. The van der Waals surface area contributed by atoms with Crippen molar-refractivity contribution in [2.24, 2.45) is 0 Å². The summed E-state index contributed by atoms with van der Waals surface area (Å²) in [7, 11) is 0. The lowest BCUT2D eigenvalue weighted by molar-refractivity contribution is 0.102. The minimum absolute atomic E-state index is 0.266. The zero-order chi connectivity index (χ0) is 30.3. The van der Waals surface area contributed by atoms with E-state index in [4.69, 9.17) is 36.8 Å². The van der Waals surface area contributed by atoms with Crippen LogP contribution in [0.15, 0.2) is 81.9 Å². The minimum Gasteiger partial charge on any atom is -0.456 e. The summed E-state index contributed by atoms with van der Waals surface area (Å²) in [5.74, 6) is 3.93. The number of ether oxygens (including phenoxy) is 1. The number of furan rings is 2. The van der Waals surface area contributed by atoms with Gasteiger partial charge in [-0.05, 0) is 60.7 Å². The third-order valence-electron chi connectivity index (χ3n) is 6.99. The van der Waals surface area contributed by atoms with E-state index in [0.29, 0.717) is 69.2 Å². The second-order valence-corrected chi connectivity index (χ2v) is 11.2. The molecule has 0 spiro atoms. The van der Waals surface area contributed by atoms with Gasteiger partial charge in [0.05, 0.1) is 47.7 Å². The van der Waals surface area contributed by atoms with E-state index in [1.165, 1.54) is 0 Å². The van der Waals surface area contributed by atoms with Crippen molar-refractivity contribution in [2.75, 3.05) is 0 Å². The van der Waals surface area contributed by atoms with Crippen LogP contribution in [0.1, 0.15) is 22.9 Å². The average molecular weight is 641 g/mol. The van der Waals surface area contributed by atoms with E-state index in [1.807, 2.05) is 60.9 Å². The monoisotopic (exact) mass is 640 g/mol. The molecular weight excluding hydrogens is 619 g/mol. The van der Waals surface area contributed by atoms with Crippen LogP contribution >= 0.6 is 23.2 Å². The molecule has 0 radical (unpaired) electrons. The molecule has 6 heterocycles. The van der Waals surface area contributed by atoms with Gasteiger partial charge in [-0.25, -0.2) is 19.3 Å². The number of benzene rings is 2. The SMILES string of the molecule is Clc1ccc2nc(-c3ccc(Cn4cc(COCc5cn(Cc6ccc(-c7nc8ccc(Cl)cc8[nH]7)o6)nn5)nn4)o3)[nH]c2c1. The van der Waals surface area contributed by atoms with Crippen molar-refractivity contribution in [3.05, 3.63) is 106 Å². The summed E-state index contributed by atoms with van der Waals surface area (Å²) in [4.78, 5) is 15.6. The standard InChI is InChI=1S/C30H22Cl2N10O3/c31-17-1-5-23-25(9-17)35-29(33-23)27-7-3-21(44-27)13-41-11-19(37-39-41)15-43-16-20-12-42(40-38-20)14-22-4-8-28(45-22)30-34-24-6-2-18(32)10-26(24)36-30/h1-12H,13-16H2,(H,33,35)(H,34,36). The number of aromatic amines is 2. The number of nitrogens with zero attached hydrogens (tertiary/aromatic N) is 8. The highest BCUT2D eigenvalue weighted by Crippen LogP contribution is 2.26. The van der Waals surface area contributed by atoms with Gasteiger partial charge in [0.1, 0.15) is 36.0 Å². The molecule has 0 bridgehead atoms. The molecule has 0 atom stereocenters. The van der Waals surface area contributed by atoms with Crippen molar-refractivity contribution < 1.29 is 13.6 Å². The highest BCUT2D eigenvalue weighted by molar-refractivity contribution is 6.31. The molecular formula is C30H22Cl2N10O3. The number of hydrogen-bond acceptors (Lipinski definition) is 9. The van der Waals surface area contributed by atoms with Crippen LogP contribution in [0.3, 0.4) is 0 Å². The van der Waals surface area contributed by atoms with Gasteiger partial charge < -0.3 is 23.5 Å². The zero-order valence-electron chi connectivity index (χ0n) is 23.3. The Morgan fingerprint density at radius 3 is 1.62 bits per heavy atom. The number of aromatic nitrogens is 10. The first kappa shape index (κ1) is 27.3. The summed E-state index contributed by atoms with van der Waals surface area (Å²) in [6.07, 6.45) is 3.63. The third kappa shape index (κ3) is 5.83. The Balaban J connectivity index is 0.835. The molecule has 2 N–H and O–H groups in total. The van der Waals surface area contributed by atoms with Crippen molar-refractivity contribution in [2.45, 2.75) is 26.3 Å². The number of H-pyrrole nitrogens is 2. The predicted octanol–water partition coefficient (Wildman–Crippen LogP) is 6.26. The summed E-state index contributed by atoms with van der Waals surface area (Å²) < 4.78 is 21.2. The van der Waals surface area contributed by atoms with Gasteiger partial charge in [0, 0.05) is 10.0 Å². The van der Waals surface area contributed by atoms with E-state index in [2.05, 4.69) is 40.6 Å². The summed E-state index contributed by atoms with van der Waals surface area (Å²) in [6, 6.07) is 18.5. The molecule has 6 aromatic heterocycles. The van der Waals surface area contributed by atoms with Crippen LogP contribution in [0, 0.1) is 0 Å². The van der Waals surface area contributed by atoms with Gasteiger partial charge in [0.25, 0.3) is 0 Å². The van der Waals surface area contributed by atoms with Gasteiger partial charge in [-0.1, -0.05) is 33.6 Å². The second kappa shape index (κ2) is 11.4. The van der Waals surface area contributed by atoms with Crippen molar-refractivity contribution >= 4 is 45.3 Å². The van der Waals surface area contributed by atoms with Crippen LogP contribution in [0.5, 0.6) is 0 Å². The molecule has 8 aromatic rings. The molecule has 15 heteroatoms. The fourth-order valence-electron chi connectivity index (χ4n) is 4.92. The normalized spacial score (nSPS) is 11.8. The number of imidazole rings is 2. The highest BCUT2D eigenvalue weighted by Gasteiger charge is 2.13. The topological polar surface area (TPSA) is 154 Å². The molecule has 0 saturated heterocycles. The molecule has 224 valence electrons. The Morgan fingerprint density at radius 1 is 0.644 bits per heavy atom. The smallest absolute Gasteiger partial charge is 0.174 e. The van der Waals surface area contributed by atoms with Gasteiger partial charge in [0.2, 0.25) is 0 Å². The van der Waals surface area contributed by atoms with Crippen LogP contribution in [-0.2, 0) is 31.0 Å². The van der Waals surface area contributed by atoms with Gasteiger partial charge in [-0.15, -0.1) is 10.2 Å². The van der Waals surface area contributed by atoms with Gasteiger partial charge >= 0.3 is 0 Å². The largest absolute Gasteiger partial charge is 0.456 e. The Kier molecular flexibility index (Phi) is 6.89. The maximum Gasteiger partial charge on any atom is 0.174 e. The molecule has 0 saturated carbocycles. The van der Waals surface area contributed by atoms with Gasteiger partial charge in [0.15, 0.2) is 23.2 Å². The molecule has 13 nitrogen and oxygen atoms in total. The second-order valence-electron chi connectivity index (χ2n) is 10.3. The lowest BCUT2D eigenvalue weighted by Crippen LogP contribution is -1.99. The minimum atomic E-state index is 0.266. The molecule has 45 heavy (non-hydrogen) atoms. The summed E-state index contributed by atoms with van der Waals surface area (Å²) in [5, 5.41) is 18.1. The van der Waals surface area contributed by atoms with E-state index < -0.39 is 0 Å². The maximum atomic E-state index is 6.08. The van der Waals surface area contributed by atoms with Crippen LogP contribution in [-0.4, -0.2) is 49.9 Å². The lowest BCUT2D eigenvalue weighted by atomic mass is 10.3. The van der Waals surface area contributed by atoms with Crippen LogP contribution in [0.2, 0.25) is 10.0 Å². The maximum absolute atomic E-state index is 6.08. The number of fused-ring (bicyclic) bond motifs is 2. The fraction of sp³-hybridized carbons (Fsp3) is 0.133. The third-order valence-corrected chi connectivity index (χ3v) is 7.46. The van der Waals surface area contributed by atoms with E-state index >= 15 is 0 Å². The Bertz CT molecular complexity index is 2110. The highest BCUT2D eigenvalue weighted by atomic mass is 35.5. The number of halogens is 2. The number of rotatable bonds is 10. The Morgan fingerprint density at radius 2 is 1.13 bits per heavy atom. The molecule has 0 aliphatic rings. The van der Waals surface area contributed by atoms with Gasteiger partial charge in [-0.2, -0.15) is 0 Å². The molecule has 2 aromatic carbocycles. The summed E-state index contributed by atoms with van der Waals surface area (Å²) in [5.41, 5.74) is 4.68. The van der Waals surface area contributed by atoms with Crippen LogP contribution in [0.25, 0.3) is 45.2 Å². The zero-order valence-corrected chi connectivity index (χ0v) is 24.8. The first-order chi connectivity index (χ1) is 22.0. The molecule has 0 amide bonds. The molecule has 0 aliphatic carbocycles. The van der Waals surface area contributed by atoms with Crippen molar-refractivity contribution in [1.29, 1.82) is 0 Å². The Hall–Kier alpha value is -5.24. The molecule has 0 fully saturated rings. The first-order valence-corrected chi connectivity index (χ1v) is 14.6. The van der Waals surface area contributed by atoms with Crippen molar-refractivity contribution in [3.63, 3.8) is 0 Å². The molecule has 8 rings (SSSR count). The van der Waals surface area contributed by atoms with Crippen LogP contribution in [0.4, 0.5) is 0 Å². The summed E-state index contributed by atoms with van der Waals surface area (Å²) >= 11 is 12.2. The Labute approximate surface area is 263 Å². The van der Waals surface area contributed by atoms with Gasteiger partial charge in [-0.3, -0.25) is 0 Å². The summed E-state index contributed by atoms with van der Waals surface area (Å²) in [6.45, 7) is 1.35.